The molecule has 5 nitrogen and oxygen atoms in total. The van der Waals surface area contributed by atoms with Gasteiger partial charge in [-0.2, -0.15) is 5.26 Å². The van der Waals surface area contributed by atoms with E-state index < -0.39 is 10.0 Å². The van der Waals surface area contributed by atoms with Gasteiger partial charge in [0, 0.05) is 20.3 Å². The third-order valence-electron chi connectivity index (χ3n) is 3.02. The van der Waals surface area contributed by atoms with Crippen molar-refractivity contribution in [3.8, 4) is 6.07 Å². The third-order valence-corrected chi connectivity index (χ3v) is 4.43. The molecular formula is C14H20N2O3S. The number of nitrogens with one attached hydrogen (secondary N) is 1. The monoisotopic (exact) mass is 296 g/mol. The first kappa shape index (κ1) is 16.6. The lowest BCUT2D eigenvalue weighted by Crippen LogP contribution is -2.34. The largest absolute Gasteiger partial charge is 0.385 e. The standard InChI is InChI=1S/C14H20N2O3S/c1-14(2,8-9-19-3)11-16-20(17,18)13-6-4-12(10-15)5-7-13/h4-7,16H,8-9,11H2,1-3H3. The van der Waals surface area contributed by atoms with E-state index in [0.717, 1.165) is 6.42 Å². The Morgan fingerprint density at radius 3 is 2.40 bits per heavy atom. The molecule has 0 saturated heterocycles. The van der Waals surface area contributed by atoms with Crippen LogP contribution in [0.4, 0.5) is 0 Å². The number of nitrogens with zero attached hydrogens (tertiary/aromatic N) is 1. The summed E-state index contributed by atoms with van der Waals surface area (Å²) < 4.78 is 31.9. The minimum Gasteiger partial charge on any atom is -0.385 e. The molecule has 20 heavy (non-hydrogen) atoms. The lowest BCUT2D eigenvalue weighted by Gasteiger charge is -2.24. The molecule has 0 radical (unpaired) electrons. The van der Waals surface area contributed by atoms with Gasteiger partial charge in [0.1, 0.15) is 0 Å². The van der Waals surface area contributed by atoms with Crippen LogP contribution < -0.4 is 4.72 Å². The maximum absolute atomic E-state index is 12.1. The van der Waals surface area contributed by atoms with Crippen molar-refractivity contribution in [2.45, 2.75) is 25.2 Å². The predicted octanol–water partition coefficient (Wildman–Crippen LogP) is 1.90. The molecule has 0 spiro atoms. The Hall–Kier alpha value is -1.42. The van der Waals surface area contributed by atoms with Gasteiger partial charge in [0.05, 0.1) is 16.5 Å². The zero-order valence-electron chi connectivity index (χ0n) is 12.0. The zero-order valence-corrected chi connectivity index (χ0v) is 12.8. The van der Waals surface area contributed by atoms with E-state index in [0.29, 0.717) is 18.7 Å². The van der Waals surface area contributed by atoms with Gasteiger partial charge in [-0.25, -0.2) is 13.1 Å². The highest BCUT2D eigenvalue weighted by atomic mass is 32.2. The van der Waals surface area contributed by atoms with Crippen molar-refractivity contribution in [1.82, 2.24) is 4.72 Å². The Morgan fingerprint density at radius 1 is 1.30 bits per heavy atom. The Bertz CT molecular complexity index is 571. The van der Waals surface area contributed by atoms with Gasteiger partial charge in [-0.1, -0.05) is 13.8 Å². The van der Waals surface area contributed by atoms with Crippen LogP contribution in [0.15, 0.2) is 29.2 Å². The summed E-state index contributed by atoms with van der Waals surface area (Å²) in [4.78, 5) is 0.166. The zero-order chi connectivity index (χ0) is 15.2. The Morgan fingerprint density at radius 2 is 1.90 bits per heavy atom. The number of hydrogen-bond donors (Lipinski definition) is 1. The summed E-state index contributed by atoms with van der Waals surface area (Å²) in [6.45, 7) is 4.88. The van der Waals surface area contributed by atoms with E-state index in [1.165, 1.54) is 24.3 Å². The molecule has 1 N–H and O–H groups in total. The first-order valence-corrected chi connectivity index (χ1v) is 7.78. The predicted molar refractivity (Wildman–Crippen MR) is 76.6 cm³/mol. The minimum absolute atomic E-state index is 0.166. The van der Waals surface area contributed by atoms with Crippen molar-refractivity contribution in [3.63, 3.8) is 0 Å². The number of nitriles is 1. The average Bonchev–Trinajstić information content (AvgIpc) is 2.43. The molecule has 110 valence electrons. The molecule has 0 unspecified atom stereocenters. The third kappa shape index (κ3) is 4.93. The van der Waals surface area contributed by atoms with Crippen LogP contribution in [0.5, 0.6) is 0 Å². The van der Waals surface area contributed by atoms with Crippen LogP contribution in [0.2, 0.25) is 0 Å². The van der Waals surface area contributed by atoms with Gasteiger partial charge in [-0.05, 0) is 36.1 Å². The normalized spacial score (nSPS) is 12.1. The highest BCUT2D eigenvalue weighted by Gasteiger charge is 2.22. The van der Waals surface area contributed by atoms with Crippen molar-refractivity contribution in [3.05, 3.63) is 29.8 Å². The van der Waals surface area contributed by atoms with Crippen LogP contribution in [0.3, 0.4) is 0 Å². The van der Waals surface area contributed by atoms with Gasteiger partial charge in [0.25, 0.3) is 0 Å². The molecule has 0 aliphatic heterocycles. The maximum Gasteiger partial charge on any atom is 0.240 e. The van der Waals surface area contributed by atoms with E-state index in [4.69, 9.17) is 10.00 Å². The molecule has 1 aromatic rings. The van der Waals surface area contributed by atoms with Crippen LogP contribution in [0.1, 0.15) is 25.8 Å². The number of benzene rings is 1. The van der Waals surface area contributed by atoms with E-state index in [1.807, 2.05) is 19.9 Å². The van der Waals surface area contributed by atoms with E-state index in [1.54, 1.807) is 7.11 Å². The Kier molecular flexibility index (Phi) is 5.69. The summed E-state index contributed by atoms with van der Waals surface area (Å²) in [5, 5.41) is 8.70. The smallest absolute Gasteiger partial charge is 0.240 e. The summed E-state index contributed by atoms with van der Waals surface area (Å²) in [5.74, 6) is 0. The number of hydrogen-bond acceptors (Lipinski definition) is 4. The molecule has 0 aromatic heterocycles. The molecule has 1 aromatic carbocycles. The fourth-order valence-corrected chi connectivity index (χ4v) is 2.79. The molecule has 0 atom stereocenters. The maximum atomic E-state index is 12.1. The number of ether oxygens (including phenoxy) is 1. The highest BCUT2D eigenvalue weighted by molar-refractivity contribution is 7.89. The molecule has 0 aliphatic rings. The van der Waals surface area contributed by atoms with Crippen molar-refractivity contribution >= 4 is 10.0 Å². The fourth-order valence-electron chi connectivity index (χ4n) is 1.55. The molecule has 1 rings (SSSR count). The number of rotatable bonds is 7. The SMILES string of the molecule is COCCC(C)(C)CNS(=O)(=O)c1ccc(C#N)cc1. The summed E-state index contributed by atoms with van der Waals surface area (Å²) >= 11 is 0. The molecule has 0 saturated carbocycles. The molecule has 0 bridgehead atoms. The number of methoxy groups -OCH3 is 1. The lowest BCUT2D eigenvalue weighted by atomic mass is 9.90. The summed E-state index contributed by atoms with van der Waals surface area (Å²) in [6.07, 6.45) is 0.763. The second-order valence-electron chi connectivity index (χ2n) is 5.37. The first-order chi connectivity index (χ1) is 9.30. The molecule has 0 heterocycles. The fraction of sp³-hybridized carbons (Fsp3) is 0.500. The van der Waals surface area contributed by atoms with Gasteiger partial charge in [0.2, 0.25) is 10.0 Å². The summed E-state index contributed by atoms with van der Waals surface area (Å²) in [6, 6.07) is 7.80. The van der Waals surface area contributed by atoms with Crippen molar-refractivity contribution in [1.29, 1.82) is 5.26 Å². The van der Waals surface area contributed by atoms with Crippen molar-refractivity contribution < 1.29 is 13.2 Å². The quantitative estimate of drug-likeness (QED) is 0.833. The van der Waals surface area contributed by atoms with Gasteiger partial charge in [-0.15, -0.1) is 0 Å². The number of sulfonamides is 1. The summed E-state index contributed by atoms with van der Waals surface area (Å²) in [5.41, 5.74) is 0.250. The molecular weight excluding hydrogens is 276 g/mol. The lowest BCUT2D eigenvalue weighted by molar-refractivity contribution is 0.153. The first-order valence-electron chi connectivity index (χ1n) is 6.29. The second-order valence-corrected chi connectivity index (χ2v) is 7.13. The topological polar surface area (TPSA) is 79.2 Å². The highest BCUT2D eigenvalue weighted by Crippen LogP contribution is 2.20. The van der Waals surface area contributed by atoms with Gasteiger partial charge >= 0.3 is 0 Å². The minimum atomic E-state index is -3.54. The van der Waals surface area contributed by atoms with Crippen molar-refractivity contribution in [2.24, 2.45) is 5.41 Å². The van der Waals surface area contributed by atoms with E-state index in [2.05, 4.69) is 4.72 Å². The Labute approximate surface area is 120 Å². The van der Waals surface area contributed by atoms with E-state index in [-0.39, 0.29) is 10.3 Å². The second kappa shape index (κ2) is 6.84. The van der Waals surface area contributed by atoms with Crippen molar-refractivity contribution in [2.75, 3.05) is 20.3 Å². The van der Waals surface area contributed by atoms with Crippen LogP contribution >= 0.6 is 0 Å². The van der Waals surface area contributed by atoms with E-state index in [9.17, 15) is 8.42 Å². The molecule has 0 fully saturated rings. The van der Waals surface area contributed by atoms with E-state index >= 15 is 0 Å². The average molecular weight is 296 g/mol. The van der Waals surface area contributed by atoms with Crippen LogP contribution in [0, 0.1) is 16.7 Å². The molecule has 6 heteroatoms. The molecule has 0 amide bonds. The van der Waals surface area contributed by atoms with Crippen LogP contribution in [-0.4, -0.2) is 28.7 Å². The van der Waals surface area contributed by atoms with Crippen LogP contribution in [-0.2, 0) is 14.8 Å². The van der Waals surface area contributed by atoms with Crippen LogP contribution in [0.25, 0.3) is 0 Å². The van der Waals surface area contributed by atoms with Gasteiger partial charge in [0.15, 0.2) is 0 Å². The summed E-state index contributed by atoms with van der Waals surface area (Å²) in [7, 11) is -1.92. The Balaban J connectivity index is 2.72. The van der Waals surface area contributed by atoms with Gasteiger partial charge in [-0.3, -0.25) is 0 Å². The molecule has 0 aliphatic carbocycles. The van der Waals surface area contributed by atoms with Gasteiger partial charge < -0.3 is 4.74 Å².